The van der Waals surface area contributed by atoms with Crippen LogP contribution in [-0.4, -0.2) is 20.5 Å². The zero-order valence-electron chi connectivity index (χ0n) is 16.5. The van der Waals surface area contributed by atoms with Crippen molar-refractivity contribution in [2.24, 2.45) is 5.92 Å². The van der Waals surface area contributed by atoms with Gasteiger partial charge in [-0.3, -0.25) is 9.20 Å². The fourth-order valence-corrected chi connectivity index (χ4v) is 4.17. The minimum Gasteiger partial charge on any atom is -0.341 e. The van der Waals surface area contributed by atoms with Crippen LogP contribution in [0.3, 0.4) is 0 Å². The van der Waals surface area contributed by atoms with E-state index in [0.29, 0.717) is 17.1 Å². The Balaban J connectivity index is 1.52. The average Bonchev–Trinajstić information content (AvgIpc) is 3.27. The number of fused-ring (bicyclic) bond motifs is 4. The molecule has 0 atom stereocenters. The molecule has 0 saturated heterocycles. The number of carbonyl (C=O) groups excluding carboxylic acids is 1. The second-order valence-electron chi connectivity index (χ2n) is 7.91. The maximum absolute atomic E-state index is 13.3. The summed E-state index contributed by atoms with van der Waals surface area (Å²) >= 11 is 0. The van der Waals surface area contributed by atoms with Gasteiger partial charge in [0.2, 0.25) is 0 Å². The maximum Gasteiger partial charge on any atom is 0.255 e. The molecule has 2 heterocycles. The van der Waals surface area contributed by atoms with Crippen molar-refractivity contribution in [3.63, 3.8) is 0 Å². The predicted octanol–water partition coefficient (Wildman–Crippen LogP) is 4.43. The number of hydrogen-bond donors (Lipinski definition) is 1. The Bertz CT molecular complexity index is 1180. The van der Waals surface area contributed by atoms with Gasteiger partial charge in [-0.1, -0.05) is 62.4 Å². The van der Waals surface area contributed by atoms with Crippen LogP contribution >= 0.6 is 0 Å². The van der Waals surface area contributed by atoms with E-state index >= 15 is 0 Å². The first-order chi connectivity index (χ1) is 14.1. The predicted molar refractivity (Wildman–Crippen MR) is 113 cm³/mol. The Hall–Kier alpha value is -3.47. The molecule has 5 rings (SSSR count). The Labute approximate surface area is 169 Å². The second kappa shape index (κ2) is 6.85. The van der Waals surface area contributed by atoms with Crippen LogP contribution in [0.2, 0.25) is 0 Å². The number of carbonyl (C=O) groups is 1. The molecular weight excluding hydrogens is 360 g/mol. The van der Waals surface area contributed by atoms with Crippen LogP contribution in [0.5, 0.6) is 0 Å². The van der Waals surface area contributed by atoms with E-state index < -0.39 is 0 Å². The van der Waals surface area contributed by atoms with E-state index in [2.05, 4.69) is 53.6 Å². The molecule has 144 valence electrons. The van der Waals surface area contributed by atoms with Crippen molar-refractivity contribution in [2.45, 2.75) is 26.3 Å². The first kappa shape index (κ1) is 17.6. The molecule has 1 aliphatic carbocycles. The van der Waals surface area contributed by atoms with Crippen LogP contribution in [0, 0.1) is 5.92 Å². The van der Waals surface area contributed by atoms with Gasteiger partial charge in [-0.15, -0.1) is 10.2 Å². The van der Waals surface area contributed by atoms with Gasteiger partial charge in [-0.2, -0.15) is 0 Å². The fourth-order valence-electron chi connectivity index (χ4n) is 4.17. The molecule has 0 unspecified atom stereocenters. The highest BCUT2D eigenvalue weighted by Crippen LogP contribution is 2.43. The van der Waals surface area contributed by atoms with Crippen LogP contribution in [0.25, 0.3) is 16.8 Å². The lowest BCUT2D eigenvalue weighted by Crippen LogP contribution is -2.28. The van der Waals surface area contributed by atoms with Crippen molar-refractivity contribution in [2.75, 3.05) is 0 Å². The van der Waals surface area contributed by atoms with Gasteiger partial charge in [-0.05, 0) is 40.3 Å². The summed E-state index contributed by atoms with van der Waals surface area (Å²) in [7, 11) is 0. The minimum atomic E-state index is -0.173. The first-order valence-corrected chi connectivity index (χ1v) is 9.95. The molecule has 2 aromatic heterocycles. The second-order valence-corrected chi connectivity index (χ2v) is 7.91. The topological polar surface area (TPSA) is 59.3 Å². The van der Waals surface area contributed by atoms with Crippen molar-refractivity contribution in [3.8, 4) is 11.1 Å². The summed E-state index contributed by atoms with van der Waals surface area (Å²) in [6, 6.07) is 20.0. The van der Waals surface area contributed by atoms with Crippen LogP contribution in [0.1, 0.15) is 47.2 Å². The number of nitrogens with zero attached hydrogens (tertiary/aromatic N) is 3. The van der Waals surface area contributed by atoms with E-state index in [9.17, 15) is 4.79 Å². The molecule has 0 radical (unpaired) electrons. The van der Waals surface area contributed by atoms with Crippen LogP contribution < -0.4 is 5.32 Å². The standard InChI is InChI=1S/C24H22N4O/c1-15(2)14-21-26-27-23-20(12-7-13-28(21)23)24(29)25-22-18-10-5-3-8-16(18)17-9-4-6-11-19(17)22/h3-13,15,22H,14H2,1-2H3,(H,25,29). The van der Waals surface area contributed by atoms with E-state index in [4.69, 9.17) is 0 Å². The molecule has 1 N–H and O–H groups in total. The molecule has 5 heteroatoms. The molecule has 1 aliphatic rings. The van der Waals surface area contributed by atoms with Crippen molar-refractivity contribution >= 4 is 11.6 Å². The Morgan fingerprint density at radius 2 is 1.62 bits per heavy atom. The van der Waals surface area contributed by atoms with Gasteiger partial charge in [0.25, 0.3) is 5.91 Å². The van der Waals surface area contributed by atoms with E-state index in [1.165, 1.54) is 11.1 Å². The molecule has 2 aromatic carbocycles. The number of aromatic nitrogens is 3. The first-order valence-electron chi connectivity index (χ1n) is 9.95. The highest BCUT2D eigenvalue weighted by Gasteiger charge is 2.30. The zero-order valence-corrected chi connectivity index (χ0v) is 16.5. The number of amides is 1. The van der Waals surface area contributed by atoms with Crippen molar-refractivity contribution in [1.29, 1.82) is 0 Å². The number of rotatable bonds is 4. The van der Waals surface area contributed by atoms with Gasteiger partial charge in [0, 0.05) is 12.6 Å². The zero-order chi connectivity index (χ0) is 20.0. The summed E-state index contributed by atoms with van der Waals surface area (Å²) in [6.45, 7) is 4.29. The van der Waals surface area contributed by atoms with Crippen LogP contribution in [-0.2, 0) is 6.42 Å². The molecule has 0 saturated carbocycles. The Kier molecular flexibility index (Phi) is 4.16. The number of hydrogen-bond acceptors (Lipinski definition) is 3. The van der Waals surface area contributed by atoms with Gasteiger partial charge < -0.3 is 5.32 Å². The molecule has 5 nitrogen and oxygen atoms in total. The quantitative estimate of drug-likeness (QED) is 0.568. The third-order valence-electron chi connectivity index (χ3n) is 5.45. The third-order valence-corrected chi connectivity index (χ3v) is 5.45. The van der Waals surface area contributed by atoms with Crippen molar-refractivity contribution in [3.05, 3.63) is 89.4 Å². The molecular formula is C24H22N4O. The largest absolute Gasteiger partial charge is 0.341 e. The normalized spacial score (nSPS) is 12.9. The third kappa shape index (κ3) is 2.90. The van der Waals surface area contributed by atoms with E-state index in [1.54, 1.807) is 0 Å². The van der Waals surface area contributed by atoms with Gasteiger partial charge >= 0.3 is 0 Å². The number of nitrogens with one attached hydrogen (secondary N) is 1. The van der Waals surface area contributed by atoms with Gasteiger partial charge in [-0.25, -0.2) is 0 Å². The molecule has 1 amide bonds. The summed E-state index contributed by atoms with van der Waals surface area (Å²) < 4.78 is 1.92. The Morgan fingerprint density at radius 3 is 2.28 bits per heavy atom. The molecule has 0 fully saturated rings. The van der Waals surface area contributed by atoms with Crippen LogP contribution in [0.4, 0.5) is 0 Å². The Morgan fingerprint density at radius 1 is 0.966 bits per heavy atom. The molecule has 0 bridgehead atoms. The van der Waals surface area contributed by atoms with E-state index in [0.717, 1.165) is 23.4 Å². The molecule has 0 spiro atoms. The lowest BCUT2D eigenvalue weighted by atomic mass is 10.0. The summed E-state index contributed by atoms with van der Waals surface area (Å²) in [5, 5.41) is 11.9. The maximum atomic E-state index is 13.3. The number of pyridine rings is 1. The lowest BCUT2D eigenvalue weighted by molar-refractivity contribution is 0.0944. The van der Waals surface area contributed by atoms with Gasteiger partial charge in [0.05, 0.1) is 11.6 Å². The summed E-state index contributed by atoms with van der Waals surface area (Å²) in [5.41, 5.74) is 5.73. The summed E-state index contributed by atoms with van der Waals surface area (Å²) in [4.78, 5) is 13.3. The lowest BCUT2D eigenvalue weighted by Gasteiger charge is -2.16. The molecule has 0 aliphatic heterocycles. The number of benzene rings is 2. The van der Waals surface area contributed by atoms with E-state index in [1.807, 2.05) is 47.0 Å². The molecule has 4 aromatic rings. The van der Waals surface area contributed by atoms with E-state index in [-0.39, 0.29) is 11.9 Å². The summed E-state index contributed by atoms with van der Waals surface area (Å²) in [5.74, 6) is 1.20. The fraction of sp³-hybridized carbons (Fsp3) is 0.208. The van der Waals surface area contributed by atoms with Crippen LogP contribution in [0.15, 0.2) is 66.9 Å². The average molecular weight is 382 g/mol. The molecule has 29 heavy (non-hydrogen) atoms. The SMILES string of the molecule is CC(C)Cc1nnc2c(C(=O)NC3c4ccccc4-c4ccccc43)cccn12. The van der Waals surface area contributed by atoms with Crippen molar-refractivity contribution in [1.82, 2.24) is 19.9 Å². The van der Waals surface area contributed by atoms with Gasteiger partial charge in [0.1, 0.15) is 5.82 Å². The highest BCUT2D eigenvalue weighted by molar-refractivity contribution is 6.00. The summed E-state index contributed by atoms with van der Waals surface area (Å²) in [6.07, 6.45) is 2.74. The smallest absolute Gasteiger partial charge is 0.255 e. The van der Waals surface area contributed by atoms with Crippen molar-refractivity contribution < 1.29 is 4.79 Å². The highest BCUT2D eigenvalue weighted by atomic mass is 16.1. The monoisotopic (exact) mass is 382 g/mol. The van der Waals surface area contributed by atoms with Gasteiger partial charge in [0.15, 0.2) is 5.65 Å². The minimum absolute atomic E-state index is 0.143.